The van der Waals surface area contributed by atoms with E-state index in [4.69, 9.17) is 0 Å². The summed E-state index contributed by atoms with van der Waals surface area (Å²) in [7, 11) is 0. The van der Waals surface area contributed by atoms with Crippen LogP contribution >= 0.6 is 0 Å². The number of nitrogens with one attached hydrogen (secondary N) is 1. The Morgan fingerprint density at radius 2 is 1.81 bits per heavy atom. The minimum atomic E-state index is 0.760. The van der Waals surface area contributed by atoms with Crippen LogP contribution in [0.25, 0.3) is 0 Å². The van der Waals surface area contributed by atoms with E-state index in [1.807, 2.05) is 12.4 Å². The Hall–Kier alpha value is -0.930. The first-order chi connectivity index (χ1) is 10.2. The predicted octanol–water partition coefficient (Wildman–Crippen LogP) is 3.71. The van der Waals surface area contributed by atoms with Gasteiger partial charge in [-0.05, 0) is 62.6 Å². The van der Waals surface area contributed by atoms with Gasteiger partial charge in [0, 0.05) is 18.9 Å². The average Bonchev–Trinajstić information content (AvgIpc) is 2.49. The van der Waals surface area contributed by atoms with Gasteiger partial charge in [0.15, 0.2) is 0 Å². The summed E-state index contributed by atoms with van der Waals surface area (Å²) in [6, 6.07) is 4.23. The van der Waals surface area contributed by atoms with Crippen LogP contribution in [0.2, 0.25) is 0 Å². The van der Waals surface area contributed by atoms with Crippen molar-refractivity contribution < 1.29 is 0 Å². The SMILES string of the molecule is CCN(CCCCCCNCC(C)C)Cc1ccncc1. The first-order valence-corrected chi connectivity index (χ1v) is 8.54. The molecule has 3 heteroatoms. The van der Waals surface area contributed by atoms with Gasteiger partial charge in [0.1, 0.15) is 0 Å². The number of pyridine rings is 1. The summed E-state index contributed by atoms with van der Waals surface area (Å²) in [5.74, 6) is 0.760. The van der Waals surface area contributed by atoms with Crippen LogP contribution in [0, 0.1) is 5.92 Å². The number of rotatable bonds is 12. The van der Waals surface area contributed by atoms with Crippen LogP contribution in [0.5, 0.6) is 0 Å². The van der Waals surface area contributed by atoms with Gasteiger partial charge in [0.05, 0.1) is 0 Å². The molecule has 3 nitrogen and oxygen atoms in total. The van der Waals surface area contributed by atoms with Crippen molar-refractivity contribution in [2.45, 2.75) is 53.0 Å². The third-order valence-corrected chi connectivity index (χ3v) is 3.73. The van der Waals surface area contributed by atoms with Gasteiger partial charge < -0.3 is 5.32 Å². The molecular weight excluding hydrogens is 258 g/mol. The standard InChI is InChI=1S/C18H33N3/c1-4-21(16-18-9-12-19-13-10-18)14-8-6-5-7-11-20-15-17(2)3/h9-10,12-13,17,20H,4-8,11,14-16H2,1-3H3. The van der Waals surface area contributed by atoms with Crippen LogP contribution in [0.4, 0.5) is 0 Å². The van der Waals surface area contributed by atoms with Crippen molar-refractivity contribution in [1.29, 1.82) is 0 Å². The van der Waals surface area contributed by atoms with Crippen molar-refractivity contribution in [3.63, 3.8) is 0 Å². The highest BCUT2D eigenvalue weighted by molar-refractivity contribution is 5.09. The highest BCUT2D eigenvalue weighted by atomic mass is 15.1. The zero-order valence-corrected chi connectivity index (χ0v) is 14.1. The highest BCUT2D eigenvalue weighted by Gasteiger charge is 2.03. The molecule has 0 aliphatic heterocycles. The lowest BCUT2D eigenvalue weighted by Gasteiger charge is -2.20. The Morgan fingerprint density at radius 1 is 1.10 bits per heavy atom. The Bertz CT molecular complexity index is 338. The van der Waals surface area contributed by atoms with Crippen molar-refractivity contribution in [2.24, 2.45) is 5.92 Å². The second-order valence-electron chi connectivity index (χ2n) is 6.24. The molecule has 0 aromatic carbocycles. The molecule has 0 saturated carbocycles. The van der Waals surface area contributed by atoms with Gasteiger partial charge in [-0.3, -0.25) is 9.88 Å². The molecule has 0 fully saturated rings. The van der Waals surface area contributed by atoms with E-state index in [-0.39, 0.29) is 0 Å². The Labute approximate surface area is 131 Å². The fourth-order valence-electron chi connectivity index (χ4n) is 2.43. The van der Waals surface area contributed by atoms with Crippen LogP contribution in [0.3, 0.4) is 0 Å². The van der Waals surface area contributed by atoms with Crippen LogP contribution < -0.4 is 5.32 Å². The zero-order valence-electron chi connectivity index (χ0n) is 14.1. The summed E-state index contributed by atoms with van der Waals surface area (Å²) in [6.45, 7) is 12.5. The molecule has 0 saturated heterocycles. The van der Waals surface area contributed by atoms with Gasteiger partial charge in [-0.1, -0.05) is 33.6 Å². The molecule has 0 bridgehead atoms. The van der Waals surface area contributed by atoms with Crippen molar-refractivity contribution in [3.05, 3.63) is 30.1 Å². The molecule has 120 valence electrons. The third kappa shape index (κ3) is 9.59. The first-order valence-electron chi connectivity index (χ1n) is 8.54. The van der Waals surface area contributed by atoms with Crippen LogP contribution in [0.1, 0.15) is 52.0 Å². The molecule has 0 amide bonds. The molecular formula is C18H33N3. The van der Waals surface area contributed by atoms with Crippen molar-refractivity contribution in [2.75, 3.05) is 26.2 Å². The van der Waals surface area contributed by atoms with Gasteiger partial charge in [0.2, 0.25) is 0 Å². The highest BCUT2D eigenvalue weighted by Crippen LogP contribution is 2.06. The molecule has 21 heavy (non-hydrogen) atoms. The van der Waals surface area contributed by atoms with Crippen molar-refractivity contribution in [1.82, 2.24) is 15.2 Å². The molecule has 1 aromatic heterocycles. The quantitative estimate of drug-likeness (QED) is 0.595. The number of unbranched alkanes of at least 4 members (excludes halogenated alkanes) is 3. The molecule has 0 unspecified atom stereocenters. The molecule has 0 spiro atoms. The second kappa shape index (κ2) is 11.7. The fraction of sp³-hybridized carbons (Fsp3) is 0.722. The average molecular weight is 291 g/mol. The lowest BCUT2D eigenvalue weighted by atomic mass is 10.1. The maximum atomic E-state index is 4.08. The van der Waals surface area contributed by atoms with Gasteiger partial charge in [-0.15, -0.1) is 0 Å². The molecule has 0 radical (unpaired) electrons. The molecule has 0 aliphatic rings. The Kier molecular flexibility index (Phi) is 10.1. The largest absolute Gasteiger partial charge is 0.316 e. The van der Waals surface area contributed by atoms with Crippen molar-refractivity contribution in [3.8, 4) is 0 Å². The van der Waals surface area contributed by atoms with E-state index < -0.39 is 0 Å². The van der Waals surface area contributed by atoms with E-state index in [1.54, 1.807) is 0 Å². The summed E-state index contributed by atoms with van der Waals surface area (Å²) in [5, 5.41) is 3.51. The number of hydrogen-bond acceptors (Lipinski definition) is 3. The summed E-state index contributed by atoms with van der Waals surface area (Å²) in [4.78, 5) is 6.60. The van der Waals surface area contributed by atoms with E-state index in [9.17, 15) is 0 Å². The van der Waals surface area contributed by atoms with Crippen LogP contribution in [0.15, 0.2) is 24.5 Å². The monoisotopic (exact) mass is 291 g/mol. The van der Waals surface area contributed by atoms with E-state index in [2.05, 4.69) is 48.1 Å². The lowest BCUT2D eigenvalue weighted by Crippen LogP contribution is -2.24. The fourth-order valence-corrected chi connectivity index (χ4v) is 2.43. The maximum absolute atomic E-state index is 4.08. The van der Waals surface area contributed by atoms with Crippen LogP contribution in [-0.2, 0) is 6.54 Å². The summed E-state index contributed by atoms with van der Waals surface area (Å²) in [5.41, 5.74) is 1.37. The first kappa shape index (κ1) is 18.1. The lowest BCUT2D eigenvalue weighted by molar-refractivity contribution is 0.272. The maximum Gasteiger partial charge on any atom is 0.0271 e. The van der Waals surface area contributed by atoms with E-state index >= 15 is 0 Å². The minimum Gasteiger partial charge on any atom is -0.316 e. The number of aromatic nitrogens is 1. The summed E-state index contributed by atoms with van der Waals surface area (Å²) < 4.78 is 0. The number of hydrogen-bond donors (Lipinski definition) is 1. The molecule has 1 rings (SSSR count). The third-order valence-electron chi connectivity index (χ3n) is 3.73. The van der Waals surface area contributed by atoms with Gasteiger partial charge in [0.25, 0.3) is 0 Å². The van der Waals surface area contributed by atoms with Crippen LogP contribution in [-0.4, -0.2) is 36.1 Å². The Balaban J connectivity index is 2.02. The number of nitrogens with zero attached hydrogens (tertiary/aromatic N) is 2. The summed E-state index contributed by atoms with van der Waals surface area (Å²) >= 11 is 0. The predicted molar refractivity (Wildman–Crippen MR) is 91.4 cm³/mol. The molecule has 0 aliphatic carbocycles. The normalized spacial score (nSPS) is 11.5. The Morgan fingerprint density at radius 3 is 2.48 bits per heavy atom. The zero-order chi connectivity index (χ0) is 15.3. The van der Waals surface area contributed by atoms with Gasteiger partial charge >= 0.3 is 0 Å². The van der Waals surface area contributed by atoms with Gasteiger partial charge in [-0.2, -0.15) is 0 Å². The summed E-state index contributed by atoms with van der Waals surface area (Å²) in [6.07, 6.45) is 9.07. The molecule has 1 aromatic rings. The van der Waals surface area contributed by atoms with E-state index in [0.717, 1.165) is 25.6 Å². The molecule has 0 atom stereocenters. The second-order valence-corrected chi connectivity index (χ2v) is 6.24. The molecule has 1 heterocycles. The minimum absolute atomic E-state index is 0.760. The smallest absolute Gasteiger partial charge is 0.0271 e. The van der Waals surface area contributed by atoms with E-state index in [1.165, 1.54) is 44.3 Å². The molecule has 1 N–H and O–H groups in total. The van der Waals surface area contributed by atoms with E-state index in [0.29, 0.717) is 0 Å². The topological polar surface area (TPSA) is 28.2 Å². The van der Waals surface area contributed by atoms with Gasteiger partial charge in [-0.25, -0.2) is 0 Å². The van der Waals surface area contributed by atoms with Crippen molar-refractivity contribution >= 4 is 0 Å².